The SMILES string of the molecule is COc1ccc(Nc2ncc3ccn(-c4ccc(S(=O)(=O)NC(C)(C)C)cc4)c3n2)cc1OC. The highest BCUT2D eigenvalue weighted by molar-refractivity contribution is 7.89. The van der Waals surface area contributed by atoms with E-state index in [0.29, 0.717) is 23.1 Å². The maximum atomic E-state index is 12.6. The van der Waals surface area contributed by atoms with Crippen LogP contribution in [0.1, 0.15) is 20.8 Å². The van der Waals surface area contributed by atoms with Gasteiger partial charge < -0.3 is 19.4 Å². The van der Waals surface area contributed by atoms with Crippen molar-refractivity contribution in [3.8, 4) is 17.2 Å². The molecule has 2 heterocycles. The average molecular weight is 482 g/mol. The highest BCUT2D eigenvalue weighted by atomic mass is 32.2. The first kappa shape index (κ1) is 23.5. The molecule has 2 aromatic carbocycles. The van der Waals surface area contributed by atoms with E-state index in [0.717, 1.165) is 16.8 Å². The third-order valence-electron chi connectivity index (χ3n) is 4.93. The lowest BCUT2D eigenvalue weighted by Crippen LogP contribution is -2.40. The number of aromatic nitrogens is 3. The second-order valence-electron chi connectivity index (χ2n) is 8.70. The van der Waals surface area contributed by atoms with Gasteiger partial charge in [0.05, 0.1) is 19.1 Å². The number of methoxy groups -OCH3 is 2. The number of sulfonamides is 1. The lowest BCUT2D eigenvalue weighted by Gasteiger charge is -2.20. The fourth-order valence-electron chi connectivity index (χ4n) is 3.48. The molecule has 0 aliphatic rings. The zero-order valence-corrected chi connectivity index (χ0v) is 20.5. The molecule has 0 saturated carbocycles. The number of nitrogens with zero attached hydrogens (tertiary/aromatic N) is 3. The van der Waals surface area contributed by atoms with E-state index in [9.17, 15) is 8.42 Å². The Morgan fingerprint density at radius 1 is 0.941 bits per heavy atom. The summed E-state index contributed by atoms with van der Waals surface area (Å²) in [6.45, 7) is 5.41. The van der Waals surface area contributed by atoms with Crippen LogP contribution in [0.4, 0.5) is 11.6 Å². The van der Waals surface area contributed by atoms with Crippen LogP contribution in [0.15, 0.2) is 65.8 Å². The van der Waals surface area contributed by atoms with Gasteiger partial charge in [0, 0.05) is 40.8 Å². The van der Waals surface area contributed by atoms with Crippen LogP contribution in [0, 0.1) is 0 Å². The summed E-state index contributed by atoms with van der Waals surface area (Å²) in [5, 5.41) is 4.03. The number of anilines is 2. The smallest absolute Gasteiger partial charge is 0.241 e. The fraction of sp³-hybridized carbons (Fsp3) is 0.250. The number of hydrogen-bond donors (Lipinski definition) is 2. The van der Waals surface area contributed by atoms with Crippen molar-refractivity contribution >= 4 is 32.7 Å². The molecule has 10 heteroatoms. The molecular formula is C24H27N5O4S. The zero-order valence-electron chi connectivity index (χ0n) is 19.7. The summed E-state index contributed by atoms with van der Waals surface area (Å²) >= 11 is 0. The molecule has 0 spiro atoms. The van der Waals surface area contributed by atoms with Crippen molar-refractivity contribution in [2.75, 3.05) is 19.5 Å². The van der Waals surface area contributed by atoms with E-state index in [2.05, 4.69) is 20.0 Å². The van der Waals surface area contributed by atoms with Gasteiger partial charge in [-0.2, -0.15) is 4.98 Å². The predicted molar refractivity (Wildman–Crippen MR) is 132 cm³/mol. The molecular weight excluding hydrogens is 454 g/mol. The number of fused-ring (bicyclic) bond motifs is 1. The molecule has 0 radical (unpaired) electrons. The number of benzene rings is 2. The maximum absolute atomic E-state index is 12.6. The van der Waals surface area contributed by atoms with Gasteiger partial charge in [-0.1, -0.05) is 0 Å². The Labute approximate surface area is 198 Å². The normalized spacial score (nSPS) is 12.0. The number of ether oxygens (including phenoxy) is 2. The summed E-state index contributed by atoms with van der Waals surface area (Å²) in [6, 6.07) is 14.0. The highest BCUT2D eigenvalue weighted by Crippen LogP contribution is 2.31. The van der Waals surface area contributed by atoms with E-state index in [-0.39, 0.29) is 4.90 Å². The second kappa shape index (κ2) is 8.96. The summed E-state index contributed by atoms with van der Waals surface area (Å²) in [5.41, 5.74) is 1.64. The molecule has 9 nitrogen and oxygen atoms in total. The standard InChI is InChI=1S/C24H27N5O4S/c1-24(2,3)28-34(30,31)19-9-7-18(8-10-19)29-13-12-16-15-25-23(27-22(16)29)26-17-6-11-20(32-4)21(14-17)33-5/h6-15,28H,1-5H3,(H,25,26,27). The minimum atomic E-state index is -3.61. The molecule has 0 saturated heterocycles. The van der Waals surface area contributed by atoms with Gasteiger partial charge >= 0.3 is 0 Å². The van der Waals surface area contributed by atoms with Gasteiger partial charge in [-0.05, 0) is 63.2 Å². The Kier molecular flexibility index (Phi) is 6.20. The van der Waals surface area contributed by atoms with Crippen LogP contribution in [0.25, 0.3) is 16.7 Å². The predicted octanol–water partition coefficient (Wildman–Crippen LogP) is 4.26. The second-order valence-corrected chi connectivity index (χ2v) is 10.4. The van der Waals surface area contributed by atoms with Crippen LogP contribution in [0.3, 0.4) is 0 Å². The summed E-state index contributed by atoms with van der Waals surface area (Å²) in [4.78, 5) is 9.26. The van der Waals surface area contributed by atoms with Crippen molar-refractivity contribution < 1.29 is 17.9 Å². The van der Waals surface area contributed by atoms with Crippen molar-refractivity contribution in [1.82, 2.24) is 19.3 Å². The van der Waals surface area contributed by atoms with E-state index in [4.69, 9.17) is 9.47 Å². The Morgan fingerprint density at radius 2 is 1.65 bits per heavy atom. The lowest BCUT2D eigenvalue weighted by atomic mass is 10.1. The molecule has 0 amide bonds. The van der Waals surface area contributed by atoms with E-state index >= 15 is 0 Å². The minimum Gasteiger partial charge on any atom is -0.493 e. The molecule has 2 N–H and O–H groups in total. The third kappa shape index (κ3) is 4.97. The highest BCUT2D eigenvalue weighted by Gasteiger charge is 2.22. The van der Waals surface area contributed by atoms with Gasteiger partial charge in [0.2, 0.25) is 16.0 Å². The molecule has 2 aromatic heterocycles. The van der Waals surface area contributed by atoms with Crippen LogP contribution in [-0.4, -0.2) is 42.7 Å². The molecule has 0 fully saturated rings. The van der Waals surface area contributed by atoms with Crippen molar-refractivity contribution in [1.29, 1.82) is 0 Å². The molecule has 0 bridgehead atoms. The third-order valence-corrected chi connectivity index (χ3v) is 6.71. The van der Waals surface area contributed by atoms with Gasteiger partial charge in [-0.25, -0.2) is 18.1 Å². The van der Waals surface area contributed by atoms with Gasteiger partial charge in [0.1, 0.15) is 5.65 Å². The molecule has 0 aliphatic heterocycles. The summed E-state index contributed by atoms with van der Waals surface area (Å²) < 4.78 is 40.4. The molecule has 34 heavy (non-hydrogen) atoms. The van der Waals surface area contributed by atoms with Crippen molar-refractivity contribution in [3.05, 3.63) is 60.9 Å². The average Bonchev–Trinajstić information content (AvgIpc) is 3.21. The van der Waals surface area contributed by atoms with E-state index < -0.39 is 15.6 Å². The first-order valence-corrected chi connectivity index (χ1v) is 12.1. The minimum absolute atomic E-state index is 0.202. The molecule has 178 valence electrons. The quantitative estimate of drug-likeness (QED) is 0.406. The maximum Gasteiger partial charge on any atom is 0.241 e. The summed E-state index contributed by atoms with van der Waals surface area (Å²) in [7, 11) is -0.454. The van der Waals surface area contributed by atoms with Crippen molar-refractivity contribution in [3.63, 3.8) is 0 Å². The van der Waals surface area contributed by atoms with Crippen LogP contribution < -0.4 is 19.5 Å². The van der Waals surface area contributed by atoms with E-state index in [1.807, 2.05) is 22.9 Å². The Hall–Kier alpha value is -3.63. The van der Waals surface area contributed by atoms with Gasteiger partial charge in [-0.15, -0.1) is 0 Å². The monoisotopic (exact) mass is 481 g/mol. The summed E-state index contributed by atoms with van der Waals surface area (Å²) in [5.74, 6) is 1.63. The van der Waals surface area contributed by atoms with E-state index in [1.54, 1.807) is 77.6 Å². The van der Waals surface area contributed by atoms with E-state index in [1.165, 1.54) is 0 Å². The number of nitrogens with one attached hydrogen (secondary N) is 2. The zero-order chi connectivity index (χ0) is 24.5. The molecule has 0 atom stereocenters. The fourth-order valence-corrected chi connectivity index (χ4v) is 4.90. The summed E-state index contributed by atoms with van der Waals surface area (Å²) in [6.07, 6.45) is 3.60. The Bertz CT molecular complexity index is 1420. The van der Waals surface area contributed by atoms with Crippen LogP contribution >= 0.6 is 0 Å². The van der Waals surface area contributed by atoms with Crippen molar-refractivity contribution in [2.24, 2.45) is 0 Å². The van der Waals surface area contributed by atoms with Crippen molar-refractivity contribution in [2.45, 2.75) is 31.2 Å². The molecule has 0 aliphatic carbocycles. The van der Waals surface area contributed by atoms with Gasteiger partial charge in [0.25, 0.3) is 0 Å². The molecule has 0 unspecified atom stereocenters. The van der Waals surface area contributed by atoms with Gasteiger partial charge in [0.15, 0.2) is 11.5 Å². The van der Waals surface area contributed by atoms with Crippen LogP contribution in [0.2, 0.25) is 0 Å². The molecule has 4 rings (SSSR count). The first-order chi connectivity index (χ1) is 16.1. The first-order valence-electron chi connectivity index (χ1n) is 10.6. The largest absolute Gasteiger partial charge is 0.493 e. The topological polar surface area (TPSA) is 107 Å². The molecule has 4 aromatic rings. The van der Waals surface area contributed by atoms with Crippen LogP contribution in [0.5, 0.6) is 11.5 Å². The Balaban J connectivity index is 1.63. The number of hydrogen-bond acceptors (Lipinski definition) is 7. The van der Waals surface area contributed by atoms with Gasteiger partial charge in [-0.3, -0.25) is 0 Å². The number of rotatable bonds is 7. The lowest BCUT2D eigenvalue weighted by molar-refractivity contribution is 0.355. The van der Waals surface area contributed by atoms with Crippen LogP contribution in [-0.2, 0) is 10.0 Å². The Morgan fingerprint density at radius 3 is 2.29 bits per heavy atom.